The van der Waals surface area contributed by atoms with Crippen LogP contribution in [-0.4, -0.2) is 49.1 Å². The Balaban J connectivity index is 1.72. The van der Waals surface area contributed by atoms with Crippen molar-refractivity contribution in [2.75, 3.05) is 39.3 Å². The molecule has 0 bridgehead atoms. The van der Waals surface area contributed by atoms with Gasteiger partial charge in [-0.2, -0.15) is 0 Å². The number of nitrogens with zero attached hydrogens (tertiary/aromatic N) is 2. The molecule has 3 rings (SSSR count). The molecule has 1 aromatic carbocycles. The predicted molar refractivity (Wildman–Crippen MR) is 83.9 cm³/mol. The van der Waals surface area contributed by atoms with E-state index in [1.165, 1.54) is 50.3 Å². The summed E-state index contributed by atoms with van der Waals surface area (Å²) < 4.78 is 0. The largest absolute Gasteiger partial charge is 0.311 e. The first-order valence-electron chi connectivity index (χ1n) is 8.04. The van der Waals surface area contributed by atoms with E-state index in [0.717, 1.165) is 13.1 Å². The van der Waals surface area contributed by atoms with Gasteiger partial charge in [0.05, 0.1) is 0 Å². The lowest BCUT2D eigenvalue weighted by Crippen LogP contribution is -2.50. The molecule has 3 nitrogen and oxygen atoms in total. The molecule has 1 fully saturated rings. The van der Waals surface area contributed by atoms with Gasteiger partial charge in [-0.05, 0) is 31.0 Å². The molecule has 1 atom stereocenters. The van der Waals surface area contributed by atoms with E-state index >= 15 is 0 Å². The first-order chi connectivity index (χ1) is 9.78. The fourth-order valence-electron chi connectivity index (χ4n) is 3.58. The number of piperazine rings is 1. The molecule has 2 heterocycles. The minimum atomic E-state index is 0.572. The molecule has 0 spiro atoms. The van der Waals surface area contributed by atoms with Gasteiger partial charge in [0.15, 0.2) is 0 Å². The molecule has 1 saturated heterocycles. The van der Waals surface area contributed by atoms with Crippen molar-refractivity contribution in [3.05, 3.63) is 34.9 Å². The zero-order valence-corrected chi connectivity index (χ0v) is 12.9. The Morgan fingerprint density at radius 2 is 2.00 bits per heavy atom. The number of hydrogen-bond donors (Lipinski definition) is 1. The minimum absolute atomic E-state index is 0.572. The fourth-order valence-corrected chi connectivity index (χ4v) is 3.58. The van der Waals surface area contributed by atoms with E-state index in [1.807, 2.05) is 0 Å². The number of hydrogen-bond acceptors (Lipinski definition) is 3. The van der Waals surface area contributed by atoms with Gasteiger partial charge in [0.2, 0.25) is 0 Å². The summed E-state index contributed by atoms with van der Waals surface area (Å²) >= 11 is 0. The average Bonchev–Trinajstić information content (AvgIpc) is 2.48. The van der Waals surface area contributed by atoms with Crippen molar-refractivity contribution < 1.29 is 0 Å². The van der Waals surface area contributed by atoms with Gasteiger partial charge >= 0.3 is 0 Å². The minimum Gasteiger partial charge on any atom is -0.311 e. The molecule has 0 aliphatic carbocycles. The highest BCUT2D eigenvalue weighted by Gasteiger charge is 2.28. The molecular weight excluding hydrogens is 246 g/mol. The monoisotopic (exact) mass is 273 g/mol. The van der Waals surface area contributed by atoms with E-state index in [-0.39, 0.29) is 0 Å². The van der Waals surface area contributed by atoms with Crippen LogP contribution in [0.3, 0.4) is 0 Å². The van der Waals surface area contributed by atoms with Crippen LogP contribution in [0, 0.1) is 6.92 Å². The molecular formula is C17H27N3. The summed E-state index contributed by atoms with van der Waals surface area (Å²) in [6.07, 6.45) is 1.27. The van der Waals surface area contributed by atoms with Crippen molar-refractivity contribution in [3.63, 3.8) is 0 Å². The van der Waals surface area contributed by atoms with Gasteiger partial charge in [-0.1, -0.05) is 30.7 Å². The Kier molecular flexibility index (Phi) is 4.39. The SMILES string of the molecule is CCCN1CCN([C@@H]2CNCc3ccc(C)cc32)CC1. The van der Waals surface area contributed by atoms with Crippen molar-refractivity contribution in [1.29, 1.82) is 0 Å². The van der Waals surface area contributed by atoms with E-state index in [2.05, 4.69) is 47.2 Å². The van der Waals surface area contributed by atoms with Crippen molar-refractivity contribution >= 4 is 0 Å². The summed E-state index contributed by atoms with van der Waals surface area (Å²) in [5.74, 6) is 0. The first kappa shape index (κ1) is 14.1. The molecule has 110 valence electrons. The molecule has 1 N–H and O–H groups in total. The van der Waals surface area contributed by atoms with E-state index < -0.39 is 0 Å². The zero-order chi connectivity index (χ0) is 13.9. The standard InChI is InChI=1S/C17H27N3/c1-3-6-19-7-9-20(10-8-19)17-13-18-12-15-5-4-14(2)11-16(15)17/h4-5,11,17-18H,3,6-10,12-13H2,1-2H3/t17-/m1/s1. The van der Waals surface area contributed by atoms with Gasteiger partial charge in [0.1, 0.15) is 0 Å². The number of fused-ring (bicyclic) bond motifs is 1. The summed E-state index contributed by atoms with van der Waals surface area (Å²) in [5, 5.41) is 3.59. The van der Waals surface area contributed by atoms with Crippen molar-refractivity contribution in [1.82, 2.24) is 15.1 Å². The van der Waals surface area contributed by atoms with E-state index in [0.29, 0.717) is 6.04 Å². The molecule has 2 aliphatic heterocycles. The normalized spacial score (nSPS) is 24.6. The van der Waals surface area contributed by atoms with Crippen LogP contribution in [0.25, 0.3) is 0 Å². The van der Waals surface area contributed by atoms with Crippen molar-refractivity contribution in [2.45, 2.75) is 32.9 Å². The van der Waals surface area contributed by atoms with E-state index in [4.69, 9.17) is 0 Å². The average molecular weight is 273 g/mol. The molecule has 0 saturated carbocycles. The molecule has 2 aliphatic rings. The Labute approximate surface area is 123 Å². The molecule has 0 radical (unpaired) electrons. The third kappa shape index (κ3) is 2.90. The number of benzene rings is 1. The van der Waals surface area contributed by atoms with Crippen LogP contribution in [0.2, 0.25) is 0 Å². The maximum absolute atomic E-state index is 3.59. The summed E-state index contributed by atoms with van der Waals surface area (Å²) in [6, 6.07) is 7.51. The van der Waals surface area contributed by atoms with Crippen LogP contribution in [0.5, 0.6) is 0 Å². The van der Waals surface area contributed by atoms with Crippen LogP contribution in [0.1, 0.15) is 36.1 Å². The highest BCUT2D eigenvalue weighted by molar-refractivity contribution is 5.36. The molecule has 20 heavy (non-hydrogen) atoms. The van der Waals surface area contributed by atoms with Crippen LogP contribution in [0.15, 0.2) is 18.2 Å². The van der Waals surface area contributed by atoms with Crippen molar-refractivity contribution in [3.8, 4) is 0 Å². The summed E-state index contributed by atoms with van der Waals surface area (Å²) in [7, 11) is 0. The Morgan fingerprint density at radius 1 is 1.20 bits per heavy atom. The molecule has 0 aromatic heterocycles. The maximum Gasteiger partial charge on any atom is 0.0477 e. The second kappa shape index (κ2) is 6.25. The summed E-state index contributed by atoms with van der Waals surface area (Å²) in [5.41, 5.74) is 4.44. The topological polar surface area (TPSA) is 18.5 Å². The van der Waals surface area contributed by atoms with Gasteiger partial charge in [-0.3, -0.25) is 4.90 Å². The van der Waals surface area contributed by atoms with Crippen molar-refractivity contribution in [2.24, 2.45) is 0 Å². The van der Waals surface area contributed by atoms with Gasteiger partial charge in [0, 0.05) is 45.3 Å². The van der Waals surface area contributed by atoms with Crippen LogP contribution < -0.4 is 5.32 Å². The zero-order valence-electron chi connectivity index (χ0n) is 12.9. The number of nitrogens with one attached hydrogen (secondary N) is 1. The highest BCUT2D eigenvalue weighted by atomic mass is 15.3. The molecule has 3 heteroatoms. The Bertz CT molecular complexity index is 450. The second-order valence-corrected chi connectivity index (χ2v) is 6.23. The summed E-state index contributed by atoms with van der Waals surface area (Å²) in [4.78, 5) is 5.28. The van der Waals surface area contributed by atoms with Gasteiger partial charge in [0.25, 0.3) is 0 Å². The lowest BCUT2D eigenvalue weighted by Gasteiger charge is -2.41. The van der Waals surface area contributed by atoms with E-state index in [9.17, 15) is 0 Å². The van der Waals surface area contributed by atoms with Gasteiger partial charge in [-0.15, -0.1) is 0 Å². The Morgan fingerprint density at radius 3 is 2.75 bits per heavy atom. The van der Waals surface area contributed by atoms with Gasteiger partial charge < -0.3 is 10.2 Å². The first-order valence-corrected chi connectivity index (χ1v) is 8.04. The lowest BCUT2D eigenvalue weighted by atomic mass is 9.93. The molecule has 0 unspecified atom stereocenters. The van der Waals surface area contributed by atoms with Crippen LogP contribution >= 0.6 is 0 Å². The predicted octanol–water partition coefficient (Wildman–Crippen LogP) is 2.17. The lowest BCUT2D eigenvalue weighted by molar-refractivity contribution is 0.0918. The number of aryl methyl sites for hydroxylation is 1. The number of rotatable bonds is 3. The third-order valence-corrected chi connectivity index (χ3v) is 4.70. The van der Waals surface area contributed by atoms with Gasteiger partial charge in [-0.25, -0.2) is 0 Å². The second-order valence-electron chi connectivity index (χ2n) is 6.23. The maximum atomic E-state index is 3.59. The summed E-state index contributed by atoms with van der Waals surface area (Å²) in [6.45, 7) is 12.7. The smallest absolute Gasteiger partial charge is 0.0477 e. The highest BCUT2D eigenvalue weighted by Crippen LogP contribution is 2.28. The fraction of sp³-hybridized carbons (Fsp3) is 0.647. The van der Waals surface area contributed by atoms with Crippen LogP contribution in [-0.2, 0) is 6.54 Å². The molecule has 1 aromatic rings. The van der Waals surface area contributed by atoms with E-state index in [1.54, 1.807) is 5.56 Å². The molecule has 0 amide bonds. The Hall–Kier alpha value is -0.900. The third-order valence-electron chi connectivity index (χ3n) is 4.70. The van der Waals surface area contributed by atoms with Crippen LogP contribution in [0.4, 0.5) is 0 Å². The quantitative estimate of drug-likeness (QED) is 0.910.